The second-order valence-electron chi connectivity index (χ2n) is 4.26. The Labute approximate surface area is 96.5 Å². The van der Waals surface area contributed by atoms with E-state index in [0.29, 0.717) is 0 Å². The Kier molecular flexibility index (Phi) is 3.46. The normalized spacial score (nSPS) is 28.6. The Morgan fingerprint density at radius 3 is 2.88 bits per heavy atom. The van der Waals surface area contributed by atoms with Gasteiger partial charge in [0.2, 0.25) is 0 Å². The van der Waals surface area contributed by atoms with E-state index in [-0.39, 0.29) is 18.2 Å². The molecule has 2 N–H and O–H groups in total. The Morgan fingerprint density at radius 2 is 2.25 bits per heavy atom. The van der Waals surface area contributed by atoms with Crippen LogP contribution in [0.1, 0.15) is 18.9 Å². The van der Waals surface area contributed by atoms with Gasteiger partial charge in [-0.25, -0.2) is 0 Å². The molecule has 3 unspecified atom stereocenters. The average Bonchev–Trinajstić information content (AvgIpc) is 2.29. The average molecular weight is 221 g/mol. The van der Waals surface area contributed by atoms with Gasteiger partial charge in [-0.15, -0.1) is 0 Å². The highest BCUT2D eigenvalue weighted by Gasteiger charge is 2.40. The van der Waals surface area contributed by atoms with Crippen molar-refractivity contribution in [3.05, 3.63) is 29.8 Å². The molecule has 3 atom stereocenters. The van der Waals surface area contributed by atoms with E-state index in [2.05, 4.69) is 19.1 Å². The second-order valence-corrected chi connectivity index (χ2v) is 4.26. The minimum Gasteiger partial charge on any atom is -0.488 e. The molecule has 3 nitrogen and oxygen atoms in total. The van der Waals surface area contributed by atoms with Crippen LogP contribution in [0, 0.1) is 0 Å². The molecule has 2 rings (SSSR count). The number of hydrogen-bond acceptors (Lipinski definition) is 3. The molecule has 0 radical (unpaired) electrons. The first-order valence-corrected chi connectivity index (χ1v) is 5.78. The van der Waals surface area contributed by atoms with E-state index >= 15 is 0 Å². The van der Waals surface area contributed by atoms with E-state index in [4.69, 9.17) is 15.2 Å². The first kappa shape index (κ1) is 11.4. The van der Waals surface area contributed by atoms with Crippen LogP contribution < -0.4 is 10.5 Å². The van der Waals surface area contributed by atoms with Crippen LogP contribution >= 0.6 is 0 Å². The van der Waals surface area contributed by atoms with Crippen molar-refractivity contribution in [2.45, 2.75) is 38.0 Å². The van der Waals surface area contributed by atoms with Crippen LogP contribution in [0.4, 0.5) is 0 Å². The number of hydrogen-bond donors (Lipinski definition) is 1. The van der Waals surface area contributed by atoms with Crippen LogP contribution in [0.2, 0.25) is 0 Å². The fraction of sp³-hybridized carbons (Fsp3) is 0.538. The SMILES string of the molecule is CCc1cccc(OC2CC(N)C2OC)c1. The maximum Gasteiger partial charge on any atom is 0.128 e. The van der Waals surface area contributed by atoms with E-state index in [1.807, 2.05) is 12.1 Å². The summed E-state index contributed by atoms with van der Waals surface area (Å²) in [5.41, 5.74) is 7.12. The number of nitrogens with two attached hydrogens (primary N) is 1. The molecule has 1 aliphatic carbocycles. The van der Waals surface area contributed by atoms with Crippen molar-refractivity contribution < 1.29 is 9.47 Å². The summed E-state index contributed by atoms with van der Waals surface area (Å²) in [4.78, 5) is 0. The van der Waals surface area contributed by atoms with Gasteiger partial charge in [0, 0.05) is 19.6 Å². The molecule has 0 bridgehead atoms. The number of ether oxygens (including phenoxy) is 2. The fourth-order valence-corrected chi connectivity index (χ4v) is 2.07. The molecular formula is C13H19NO2. The van der Waals surface area contributed by atoms with Gasteiger partial charge < -0.3 is 15.2 Å². The van der Waals surface area contributed by atoms with Crippen molar-refractivity contribution in [2.75, 3.05) is 7.11 Å². The molecule has 0 heterocycles. The molecule has 16 heavy (non-hydrogen) atoms. The molecule has 1 aromatic rings. The highest BCUT2D eigenvalue weighted by Crippen LogP contribution is 2.27. The monoisotopic (exact) mass is 221 g/mol. The van der Waals surface area contributed by atoms with Gasteiger partial charge in [-0.05, 0) is 24.1 Å². The molecule has 1 aliphatic rings. The van der Waals surface area contributed by atoms with Gasteiger partial charge in [-0.3, -0.25) is 0 Å². The third-order valence-electron chi connectivity index (χ3n) is 3.16. The van der Waals surface area contributed by atoms with Gasteiger partial charge in [0.25, 0.3) is 0 Å². The summed E-state index contributed by atoms with van der Waals surface area (Å²) in [5, 5.41) is 0. The van der Waals surface area contributed by atoms with Crippen molar-refractivity contribution in [3.63, 3.8) is 0 Å². The minimum absolute atomic E-state index is 0.0327. The summed E-state index contributed by atoms with van der Waals surface area (Å²) >= 11 is 0. The van der Waals surface area contributed by atoms with Gasteiger partial charge in [0.1, 0.15) is 18.0 Å². The molecular weight excluding hydrogens is 202 g/mol. The standard InChI is InChI=1S/C13H19NO2/c1-3-9-5-4-6-10(7-9)16-12-8-11(14)13(12)15-2/h4-7,11-13H,3,8,14H2,1-2H3. The molecule has 1 aromatic carbocycles. The van der Waals surface area contributed by atoms with Gasteiger partial charge in [0.05, 0.1) is 0 Å². The summed E-state index contributed by atoms with van der Waals surface area (Å²) < 4.78 is 11.2. The van der Waals surface area contributed by atoms with Gasteiger partial charge >= 0.3 is 0 Å². The van der Waals surface area contributed by atoms with Crippen molar-refractivity contribution in [3.8, 4) is 5.75 Å². The molecule has 0 aromatic heterocycles. The number of rotatable bonds is 4. The van der Waals surface area contributed by atoms with Crippen LogP contribution in [0.15, 0.2) is 24.3 Å². The molecule has 0 amide bonds. The highest BCUT2D eigenvalue weighted by molar-refractivity contribution is 5.29. The number of benzene rings is 1. The summed E-state index contributed by atoms with van der Waals surface area (Å²) in [6, 6.07) is 8.30. The van der Waals surface area contributed by atoms with E-state index in [0.717, 1.165) is 18.6 Å². The number of aryl methyl sites for hydroxylation is 1. The van der Waals surface area contributed by atoms with Crippen LogP contribution in [-0.4, -0.2) is 25.4 Å². The lowest BCUT2D eigenvalue weighted by Crippen LogP contribution is -2.59. The first-order chi connectivity index (χ1) is 7.74. The van der Waals surface area contributed by atoms with Crippen molar-refractivity contribution in [2.24, 2.45) is 5.73 Å². The topological polar surface area (TPSA) is 44.5 Å². The van der Waals surface area contributed by atoms with Gasteiger partial charge in [-0.2, -0.15) is 0 Å². The maximum absolute atomic E-state index is 5.86. The second kappa shape index (κ2) is 4.85. The Bertz CT molecular complexity index is 354. The van der Waals surface area contributed by atoms with Gasteiger partial charge in [-0.1, -0.05) is 19.1 Å². The lowest BCUT2D eigenvalue weighted by atomic mass is 9.86. The largest absolute Gasteiger partial charge is 0.488 e. The van der Waals surface area contributed by atoms with E-state index in [1.165, 1.54) is 5.56 Å². The molecule has 1 saturated carbocycles. The molecule has 0 saturated heterocycles. The van der Waals surface area contributed by atoms with Crippen LogP contribution in [0.3, 0.4) is 0 Å². The Hall–Kier alpha value is -1.06. The summed E-state index contributed by atoms with van der Waals surface area (Å²) in [5.74, 6) is 0.915. The number of methoxy groups -OCH3 is 1. The first-order valence-electron chi connectivity index (χ1n) is 5.78. The molecule has 88 valence electrons. The van der Waals surface area contributed by atoms with E-state index in [9.17, 15) is 0 Å². The lowest BCUT2D eigenvalue weighted by Gasteiger charge is -2.41. The quantitative estimate of drug-likeness (QED) is 0.842. The lowest BCUT2D eigenvalue weighted by molar-refractivity contribution is -0.0782. The third-order valence-corrected chi connectivity index (χ3v) is 3.16. The van der Waals surface area contributed by atoms with Crippen LogP contribution in [0.25, 0.3) is 0 Å². The van der Waals surface area contributed by atoms with Gasteiger partial charge in [0.15, 0.2) is 0 Å². The maximum atomic E-state index is 5.86. The highest BCUT2D eigenvalue weighted by atomic mass is 16.5. The molecule has 3 heteroatoms. The Balaban J connectivity index is 1.99. The molecule has 0 aliphatic heterocycles. The third kappa shape index (κ3) is 2.20. The van der Waals surface area contributed by atoms with E-state index < -0.39 is 0 Å². The molecule has 0 spiro atoms. The fourth-order valence-electron chi connectivity index (χ4n) is 2.07. The summed E-state index contributed by atoms with van der Waals surface area (Å²) in [7, 11) is 1.68. The predicted octanol–water partition coefficient (Wildman–Crippen LogP) is 1.74. The zero-order chi connectivity index (χ0) is 11.5. The zero-order valence-corrected chi connectivity index (χ0v) is 9.85. The van der Waals surface area contributed by atoms with Crippen molar-refractivity contribution in [1.82, 2.24) is 0 Å². The zero-order valence-electron chi connectivity index (χ0n) is 9.85. The van der Waals surface area contributed by atoms with E-state index in [1.54, 1.807) is 7.11 Å². The van der Waals surface area contributed by atoms with Crippen LogP contribution in [-0.2, 0) is 11.2 Å². The minimum atomic E-state index is 0.0327. The summed E-state index contributed by atoms with van der Waals surface area (Å²) in [6.45, 7) is 2.14. The summed E-state index contributed by atoms with van der Waals surface area (Å²) in [6.07, 6.45) is 2.03. The molecule has 1 fully saturated rings. The van der Waals surface area contributed by atoms with Crippen molar-refractivity contribution >= 4 is 0 Å². The Morgan fingerprint density at radius 1 is 1.44 bits per heavy atom. The smallest absolute Gasteiger partial charge is 0.128 e. The van der Waals surface area contributed by atoms with Crippen LogP contribution in [0.5, 0.6) is 5.75 Å². The predicted molar refractivity (Wildman–Crippen MR) is 63.6 cm³/mol. The van der Waals surface area contributed by atoms with Crippen molar-refractivity contribution in [1.29, 1.82) is 0 Å².